The van der Waals surface area contributed by atoms with Crippen molar-refractivity contribution in [2.45, 2.75) is 19.3 Å². The van der Waals surface area contributed by atoms with E-state index in [2.05, 4.69) is 20.4 Å². The van der Waals surface area contributed by atoms with E-state index in [0.29, 0.717) is 5.69 Å². The van der Waals surface area contributed by atoms with Gasteiger partial charge in [-0.2, -0.15) is 0 Å². The first kappa shape index (κ1) is 18.1. The number of nitrogens with zero attached hydrogens (tertiary/aromatic N) is 3. The largest absolute Gasteiger partial charge is 0.355 e. The van der Waals surface area contributed by atoms with E-state index < -0.39 is 11.7 Å². The molecule has 0 aliphatic carbocycles. The van der Waals surface area contributed by atoms with Gasteiger partial charge in [0.2, 0.25) is 0 Å². The van der Waals surface area contributed by atoms with Gasteiger partial charge in [-0.05, 0) is 55.7 Å². The highest BCUT2D eigenvalue weighted by atomic mass is 19.1. The molecule has 1 aliphatic heterocycles. The summed E-state index contributed by atoms with van der Waals surface area (Å²) in [6.45, 7) is 2.04. The van der Waals surface area contributed by atoms with Crippen LogP contribution in [0, 0.1) is 5.82 Å². The molecular weight excluding hydrogens is 355 g/mol. The van der Waals surface area contributed by atoms with Gasteiger partial charge in [-0.3, -0.25) is 4.79 Å². The Kier molecular flexibility index (Phi) is 5.28. The molecule has 0 bridgehead atoms. The lowest BCUT2D eigenvalue weighted by molar-refractivity contribution is 0.102. The predicted molar refractivity (Wildman–Crippen MR) is 108 cm³/mol. The summed E-state index contributed by atoms with van der Waals surface area (Å²) in [6.07, 6.45) is 3.65. The van der Waals surface area contributed by atoms with E-state index >= 15 is 0 Å². The van der Waals surface area contributed by atoms with Gasteiger partial charge in [0, 0.05) is 24.3 Å². The van der Waals surface area contributed by atoms with Gasteiger partial charge in [0.25, 0.3) is 5.91 Å². The monoisotopic (exact) mass is 376 g/mol. The number of halogens is 1. The Hall–Kier alpha value is -3.28. The Morgan fingerprint density at radius 3 is 2.50 bits per heavy atom. The third-order valence-electron chi connectivity index (χ3n) is 4.87. The number of hydrogen-bond donors (Lipinski definition) is 1. The fourth-order valence-electron chi connectivity index (χ4n) is 3.37. The minimum Gasteiger partial charge on any atom is -0.355 e. The van der Waals surface area contributed by atoms with Crippen LogP contribution in [0.3, 0.4) is 0 Å². The van der Waals surface area contributed by atoms with E-state index in [4.69, 9.17) is 0 Å². The van der Waals surface area contributed by atoms with E-state index in [0.717, 1.165) is 30.2 Å². The minimum atomic E-state index is -0.546. The van der Waals surface area contributed by atoms with Crippen LogP contribution in [0.2, 0.25) is 0 Å². The van der Waals surface area contributed by atoms with Crippen LogP contribution in [0.4, 0.5) is 15.9 Å². The average molecular weight is 376 g/mol. The van der Waals surface area contributed by atoms with Crippen molar-refractivity contribution >= 4 is 17.4 Å². The molecule has 5 nitrogen and oxygen atoms in total. The molecule has 142 valence electrons. The van der Waals surface area contributed by atoms with E-state index in [9.17, 15) is 9.18 Å². The smallest absolute Gasteiger partial charge is 0.258 e. The number of nitrogens with one attached hydrogen (secondary N) is 1. The molecule has 1 N–H and O–H groups in total. The van der Waals surface area contributed by atoms with Crippen molar-refractivity contribution in [2.75, 3.05) is 23.3 Å². The zero-order valence-electron chi connectivity index (χ0n) is 15.4. The first-order valence-electron chi connectivity index (χ1n) is 9.46. The van der Waals surface area contributed by atoms with E-state index in [1.54, 1.807) is 18.2 Å². The molecule has 0 saturated carbocycles. The maximum Gasteiger partial charge on any atom is 0.258 e. The van der Waals surface area contributed by atoms with Crippen molar-refractivity contribution < 1.29 is 9.18 Å². The second-order valence-corrected chi connectivity index (χ2v) is 6.84. The number of hydrogen-bond acceptors (Lipinski definition) is 4. The molecule has 0 radical (unpaired) electrons. The number of carbonyl (C=O) groups excluding carboxylic acids is 1. The molecule has 0 unspecified atom stereocenters. The topological polar surface area (TPSA) is 58.1 Å². The van der Waals surface area contributed by atoms with Crippen LogP contribution in [0.1, 0.15) is 29.6 Å². The predicted octanol–water partition coefficient (Wildman–Crippen LogP) is 4.53. The van der Waals surface area contributed by atoms with Gasteiger partial charge in [-0.25, -0.2) is 4.39 Å². The molecule has 1 aromatic heterocycles. The summed E-state index contributed by atoms with van der Waals surface area (Å²) in [5, 5.41) is 11.5. The number of rotatable bonds is 4. The van der Waals surface area contributed by atoms with Gasteiger partial charge >= 0.3 is 0 Å². The highest BCUT2D eigenvalue weighted by Gasteiger charge is 2.14. The molecule has 4 rings (SSSR count). The molecule has 1 aliphatic rings. The Morgan fingerprint density at radius 1 is 0.929 bits per heavy atom. The number of benzene rings is 2. The Balaban J connectivity index is 1.50. The Morgan fingerprint density at radius 2 is 1.75 bits per heavy atom. The summed E-state index contributed by atoms with van der Waals surface area (Å²) in [4.78, 5) is 14.6. The van der Waals surface area contributed by atoms with Crippen LogP contribution in [0.5, 0.6) is 0 Å². The lowest BCUT2D eigenvalue weighted by Gasteiger charge is -2.27. The van der Waals surface area contributed by atoms with Crippen molar-refractivity contribution in [1.29, 1.82) is 0 Å². The quantitative estimate of drug-likeness (QED) is 0.727. The van der Waals surface area contributed by atoms with E-state index in [1.807, 2.05) is 30.3 Å². The lowest BCUT2D eigenvalue weighted by Crippen LogP contribution is -2.30. The van der Waals surface area contributed by atoms with Gasteiger partial charge in [0.05, 0.1) is 11.3 Å². The highest BCUT2D eigenvalue weighted by molar-refractivity contribution is 6.04. The second-order valence-electron chi connectivity index (χ2n) is 6.84. The number of anilines is 2. The van der Waals surface area contributed by atoms with Crippen molar-refractivity contribution in [2.24, 2.45) is 0 Å². The summed E-state index contributed by atoms with van der Waals surface area (Å²) >= 11 is 0. The molecule has 0 atom stereocenters. The first-order chi connectivity index (χ1) is 13.7. The van der Waals surface area contributed by atoms with Crippen LogP contribution >= 0.6 is 0 Å². The molecule has 2 heterocycles. The van der Waals surface area contributed by atoms with Gasteiger partial charge < -0.3 is 10.2 Å². The van der Waals surface area contributed by atoms with Crippen molar-refractivity contribution in [3.8, 4) is 11.3 Å². The maximum atomic E-state index is 13.8. The van der Waals surface area contributed by atoms with Gasteiger partial charge in [-0.1, -0.05) is 24.3 Å². The van der Waals surface area contributed by atoms with Gasteiger partial charge in [0.15, 0.2) is 5.82 Å². The highest BCUT2D eigenvalue weighted by Crippen LogP contribution is 2.23. The van der Waals surface area contributed by atoms with Crippen LogP contribution < -0.4 is 10.2 Å². The zero-order valence-corrected chi connectivity index (χ0v) is 15.4. The second kappa shape index (κ2) is 8.17. The normalized spacial score (nSPS) is 14.0. The van der Waals surface area contributed by atoms with E-state index in [1.165, 1.54) is 31.4 Å². The third kappa shape index (κ3) is 4.01. The lowest BCUT2D eigenvalue weighted by atomic mass is 10.1. The molecule has 1 amide bonds. The van der Waals surface area contributed by atoms with Crippen LogP contribution in [0.15, 0.2) is 60.7 Å². The fourth-order valence-corrected chi connectivity index (χ4v) is 3.37. The first-order valence-corrected chi connectivity index (χ1v) is 9.46. The third-order valence-corrected chi connectivity index (χ3v) is 4.87. The van der Waals surface area contributed by atoms with E-state index in [-0.39, 0.29) is 5.56 Å². The SMILES string of the molecule is O=C(Nc1cccc(-c2ccc(N3CCCCC3)nn2)c1)c1ccccc1F. The Labute approximate surface area is 163 Å². The molecule has 3 aromatic rings. The van der Waals surface area contributed by atoms with Crippen molar-refractivity contribution in [3.63, 3.8) is 0 Å². The van der Waals surface area contributed by atoms with Crippen LogP contribution in [0.25, 0.3) is 11.3 Å². The molecular formula is C22H21FN4O. The fraction of sp³-hybridized carbons (Fsp3) is 0.227. The van der Waals surface area contributed by atoms with Gasteiger partial charge in [0.1, 0.15) is 5.82 Å². The molecule has 1 saturated heterocycles. The average Bonchev–Trinajstić information content (AvgIpc) is 2.75. The Bertz CT molecular complexity index is 968. The molecule has 1 fully saturated rings. The summed E-state index contributed by atoms with van der Waals surface area (Å²) < 4.78 is 13.8. The minimum absolute atomic E-state index is 0.0126. The molecule has 2 aromatic carbocycles. The summed E-state index contributed by atoms with van der Waals surface area (Å²) in [6, 6.07) is 17.1. The van der Waals surface area contributed by atoms with Crippen LogP contribution in [-0.2, 0) is 0 Å². The standard InChI is InChI=1S/C22H21FN4O/c23-19-10-3-2-9-18(19)22(28)24-17-8-6-7-16(15-17)20-11-12-21(26-25-20)27-13-4-1-5-14-27/h2-3,6-12,15H,1,4-5,13-14H2,(H,24,28). The van der Waals surface area contributed by atoms with Crippen LogP contribution in [-0.4, -0.2) is 29.2 Å². The molecule has 0 spiro atoms. The maximum absolute atomic E-state index is 13.8. The zero-order chi connectivity index (χ0) is 19.3. The summed E-state index contributed by atoms with van der Waals surface area (Å²) in [7, 11) is 0. The van der Waals surface area contributed by atoms with Gasteiger partial charge in [-0.15, -0.1) is 10.2 Å². The molecule has 28 heavy (non-hydrogen) atoms. The number of amides is 1. The summed E-state index contributed by atoms with van der Waals surface area (Å²) in [5.74, 6) is -0.135. The molecule has 6 heteroatoms. The number of aromatic nitrogens is 2. The number of carbonyl (C=O) groups is 1. The van der Waals surface area contributed by atoms with Crippen molar-refractivity contribution in [3.05, 3.63) is 72.0 Å². The van der Waals surface area contributed by atoms with Crippen molar-refractivity contribution in [1.82, 2.24) is 10.2 Å². The summed E-state index contributed by atoms with van der Waals surface area (Å²) in [5.41, 5.74) is 2.15. The number of piperidine rings is 1.